The molecule has 126 valence electrons. The van der Waals surface area contributed by atoms with Crippen molar-refractivity contribution in [2.24, 2.45) is 12.0 Å². The Morgan fingerprint density at radius 2 is 2.00 bits per heavy atom. The summed E-state index contributed by atoms with van der Waals surface area (Å²) in [4.78, 5) is 4.23. The number of nitrogens with zero attached hydrogens (tertiary/aromatic N) is 4. The van der Waals surface area contributed by atoms with Crippen LogP contribution in [0.5, 0.6) is 0 Å². The number of aryl methyl sites for hydroxylation is 2. The summed E-state index contributed by atoms with van der Waals surface area (Å²) in [6, 6.07) is 1.97. The summed E-state index contributed by atoms with van der Waals surface area (Å²) in [5, 5.41) is 15.0. The number of aromatic nitrogens is 3. The van der Waals surface area contributed by atoms with E-state index in [1.807, 2.05) is 24.7 Å². The van der Waals surface area contributed by atoms with Crippen LogP contribution in [0.1, 0.15) is 48.2 Å². The molecule has 2 aromatic heterocycles. The monoisotopic (exact) mass is 318 g/mol. The van der Waals surface area contributed by atoms with Crippen molar-refractivity contribution in [1.82, 2.24) is 25.6 Å². The zero-order chi connectivity index (χ0) is 17.0. The number of hydrogen-bond acceptors (Lipinski definition) is 4. The van der Waals surface area contributed by atoms with Crippen LogP contribution in [-0.2, 0) is 20.1 Å². The highest BCUT2D eigenvalue weighted by atomic mass is 16.5. The van der Waals surface area contributed by atoms with Crippen LogP contribution in [0.25, 0.3) is 0 Å². The van der Waals surface area contributed by atoms with Gasteiger partial charge in [0.1, 0.15) is 0 Å². The van der Waals surface area contributed by atoms with Gasteiger partial charge in [-0.15, -0.1) is 0 Å². The topological polar surface area (TPSA) is 80.3 Å². The molecule has 2 aromatic rings. The number of hydrogen-bond donors (Lipinski definition) is 2. The molecule has 0 unspecified atom stereocenters. The molecular weight excluding hydrogens is 292 g/mol. The second-order valence-electron chi connectivity index (χ2n) is 5.93. The first-order chi connectivity index (χ1) is 10.9. The second-order valence-corrected chi connectivity index (χ2v) is 5.93. The van der Waals surface area contributed by atoms with Crippen molar-refractivity contribution in [1.29, 1.82) is 0 Å². The van der Waals surface area contributed by atoms with Gasteiger partial charge in [-0.1, -0.05) is 19.0 Å². The zero-order valence-electron chi connectivity index (χ0n) is 14.8. The molecule has 23 heavy (non-hydrogen) atoms. The number of aliphatic imine (C=N–C) groups is 1. The molecule has 0 bridgehead atoms. The van der Waals surface area contributed by atoms with E-state index < -0.39 is 0 Å². The quantitative estimate of drug-likeness (QED) is 0.651. The highest BCUT2D eigenvalue weighted by Crippen LogP contribution is 2.14. The van der Waals surface area contributed by atoms with Crippen molar-refractivity contribution in [2.45, 2.75) is 46.7 Å². The molecule has 2 N–H and O–H groups in total. The van der Waals surface area contributed by atoms with Crippen LogP contribution in [-0.4, -0.2) is 27.9 Å². The predicted octanol–water partition coefficient (Wildman–Crippen LogP) is 2.01. The normalized spacial score (nSPS) is 12.0. The van der Waals surface area contributed by atoms with E-state index in [-0.39, 0.29) is 0 Å². The molecule has 0 radical (unpaired) electrons. The van der Waals surface area contributed by atoms with E-state index in [2.05, 4.69) is 46.7 Å². The molecule has 0 aromatic carbocycles. The SMILES string of the molecule is CN=C(NCc1cc(C(C)C)no1)NCc1c(C)nn(C)c1C. The first-order valence-corrected chi connectivity index (χ1v) is 7.81. The molecule has 0 saturated carbocycles. The van der Waals surface area contributed by atoms with Crippen molar-refractivity contribution in [3.8, 4) is 0 Å². The summed E-state index contributed by atoms with van der Waals surface area (Å²) in [5.74, 6) is 1.88. The highest BCUT2D eigenvalue weighted by molar-refractivity contribution is 5.79. The molecular formula is C16H26N6O. The third-order valence-corrected chi connectivity index (χ3v) is 3.91. The van der Waals surface area contributed by atoms with Gasteiger partial charge in [-0.3, -0.25) is 9.67 Å². The Balaban J connectivity index is 1.90. The fourth-order valence-electron chi connectivity index (χ4n) is 2.32. The first-order valence-electron chi connectivity index (χ1n) is 7.81. The van der Waals surface area contributed by atoms with Gasteiger partial charge in [-0.2, -0.15) is 5.10 Å². The second kappa shape index (κ2) is 7.30. The fourth-order valence-corrected chi connectivity index (χ4v) is 2.32. The number of guanidine groups is 1. The molecule has 2 rings (SSSR count). The van der Waals surface area contributed by atoms with E-state index in [4.69, 9.17) is 4.52 Å². The van der Waals surface area contributed by atoms with Gasteiger partial charge < -0.3 is 15.2 Å². The van der Waals surface area contributed by atoms with Crippen molar-refractivity contribution >= 4 is 5.96 Å². The lowest BCUT2D eigenvalue weighted by atomic mass is 10.1. The van der Waals surface area contributed by atoms with Crippen LogP contribution in [0, 0.1) is 13.8 Å². The van der Waals surface area contributed by atoms with E-state index in [1.165, 1.54) is 5.56 Å². The van der Waals surface area contributed by atoms with Gasteiger partial charge >= 0.3 is 0 Å². The minimum atomic E-state index is 0.362. The van der Waals surface area contributed by atoms with E-state index in [0.717, 1.165) is 28.8 Å². The molecule has 7 heteroatoms. The maximum Gasteiger partial charge on any atom is 0.191 e. The third kappa shape index (κ3) is 4.12. The van der Waals surface area contributed by atoms with Crippen LogP contribution in [0.3, 0.4) is 0 Å². The molecule has 0 amide bonds. The largest absolute Gasteiger partial charge is 0.359 e. The Hall–Kier alpha value is -2.31. The van der Waals surface area contributed by atoms with E-state index >= 15 is 0 Å². The lowest BCUT2D eigenvalue weighted by Gasteiger charge is -2.11. The van der Waals surface area contributed by atoms with Crippen molar-refractivity contribution in [3.05, 3.63) is 34.5 Å². The number of rotatable bonds is 5. The van der Waals surface area contributed by atoms with Gasteiger partial charge in [0.15, 0.2) is 11.7 Å². The molecule has 7 nitrogen and oxygen atoms in total. The molecule has 0 aliphatic rings. The maximum absolute atomic E-state index is 5.32. The Morgan fingerprint density at radius 1 is 1.30 bits per heavy atom. The summed E-state index contributed by atoms with van der Waals surface area (Å²) >= 11 is 0. The summed E-state index contributed by atoms with van der Waals surface area (Å²) in [6.07, 6.45) is 0. The molecule has 0 fully saturated rings. The minimum absolute atomic E-state index is 0.362. The van der Waals surface area contributed by atoms with Gasteiger partial charge in [0.25, 0.3) is 0 Å². The molecule has 0 aliphatic carbocycles. The van der Waals surface area contributed by atoms with Crippen molar-refractivity contribution < 1.29 is 4.52 Å². The highest BCUT2D eigenvalue weighted by Gasteiger charge is 2.11. The predicted molar refractivity (Wildman–Crippen MR) is 90.3 cm³/mol. The third-order valence-electron chi connectivity index (χ3n) is 3.91. The minimum Gasteiger partial charge on any atom is -0.359 e. The van der Waals surface area contributed by atoms with Crippen molar-refractivity contribution in [3.63, 3.8) is 0 Å². The number of nitrogens with one attached hydrogen (secondary N) is 2. The summed E-state index contributed by atoms with van der Waals surface area (Å²) in [6.45, 7) is 9.49. The lowest BCUT2D eigenvalue weighted by molar-refractivity contribution is 0.372. The Kier molecular flexibility index (Phi) is 5.41. The van der Waals surface area contributed by atoms with E-state index in [9.17, 15) is 0 Å². The van der Waals surface area contributed by atoms with Crippen LogP contribution < -0.4 is 10.6 Å². The summed E-state index contributed by atoms with van der Waals surface area (Å²) < 4.78 is 7.21. The van der Waals surface area contributed by atoms with Gasteiger partial charge in [-0.05, 0) is 19.8 Å². The smallest absolute Gasteiger partial charge is 0.191 e. The standard InChI is InChI=1S/C16H26N6O/c1-10(2)15-7-13(23-21-15)8-18-16(17-5)19-9-14-11(3)20-22(6)12(14)4/h7,10H,8-9H2,1-6H3,(H2,17,18,19). The average molecular weight is 318 g/mol. The van der Waals surface area contributed by atoms with Crippen LogP contribution in [0.15, 0.2) is 15.6 Å². The maximum atomic E-state index is 5.32. The van der Waals surface area contributed by atoms with Gasteiger partial charge in [0.05, 0.1) is 17.9 Å². The fraction of sp³-hybridized carbons (Fsp3) is 0.562. The van der Waals surface area contributed by atoms with Crippen LogP contribution in [0.2, 0.25) is 0 Å². The summed E-state index contributed by atoms with van der Waals surface area (Å²) in [5.41, 5.74) is 4.34. The Labute approximate surface area is 137 Å². The lowest BCUT2D eigenvalue weighted by Crippen LogP contribution is -2.36. The van der Waals surface area contributed by atoms with Gasteiger partial charge in [0.2, 0.25) is 0 Å². The zero-order valence-corrected chi connectivity index (χ0v) is 14.8. The molecule has 0 spiro atoms. The average Bonchev–Trinajstić information content (AvgIpc) is 3.07. The van der Waals surface area contributed by atoms with Crippen LogP contribution in [0.4, 0.5) is 0 Å². The summed E-state index contributed by atoms with van der Waals surface area (Å²) in [7, 11) is 3.70. The van der Waals surface area contributed by atoms with E-state index in [0.29, 0.717) is 19.0 Å². The molecule has 0 atom stereocenters. The Bertz CT molecular complexity index is 683. The van der Waals surface area contributed by atoms with Gasteiger partial charge in [0, 0.05) is 38.0 Å². The molecule has 0 aliphatic heterocycles. The van der Waals surface area contributed by atoms with E-state index in [1.54, 1.807) is 7.05 Å². The molecule has 2 heterocycles. The van der Waals surface area contributed by atoms with Crippen molar-refractivity contribution in [2.75, 3.05) is 7.05 Å². The Morgan fingerprint density at radius 3 is 2.52 bits per heavy atom. The van der Waals surface area contributed by atoms with Gasteiger partial charge in [-0.25, -0.2) is 0 Å². The molecule has 0 saturated heterocycles. The first kappa shape index (κ1) is 17.1. The van der Waals surface area contributed by atoms with Crippen LogP contribution >= 0.6 is 0 Å².